The zero-order valence-corrected chi connectivity index (χ0v) is 16.7. The summed E-state index contributed by atoms with van der Waals surface area (Å²) in [5.41, 5.74) is -0.478. The summed E-state index contributed by atoms with van der Waals surface area (Å²) in [4.78, 5) is 14.1. The third-order valence-electron chi connectivity index (χ3n) is 5.68. The lowest BCUT2D eigenvalue weighted by Gasteiger charge is -2.29. The van der Waals surface area contributed by atoms with Crippen LogP contribution in [0.5, 0.6) is 11.5 Å². The third-order valence-corrected chi connectivity index (χ3v) is 5.68. The molecule has 1 saturated heterocycles. The molecule has 1 fully saturated rings. The first-order valence-electron chi connectivity index (χ1n) is 10.1. The van der Waals surface area contributed by atoms with Gasteiger partial charge < -0.3 is 19.5 Å². The van der Waals surface area contributed by atoms with Crippen molar-refractivity contribution in [1.29, 1.82) is 0 Å². The molecule has 32 heavy (non-hydrogen) atoms. The first-order valence-corrected chi connectivity index (χ1v) is 10.1. The minimum absolute atomic E-state index is 0.0269. The van der Waals surface area contributed by atoms with Gasteiger partial charge in [0.2, 0.25) is 0 Å². The van der Waals surface area contributed by atoms with Crippen LogP contribution in [0.15, 0.2) is 60.7 Å². The number of carbonyl (C=O) groups excluding carboxylic acids is 1. The molecular weight excluding hydrogens is 423 g/mol. The van der Waals surface area contributed by atoms with E-state index in [4.69, 9.17) is 9.47 Å². The van der Waals surface area contributed by atoms with Crippen molar-refractivity contribution >= 4 is 5.91 Å². The lowest BCUT2D eigenvalue weighted by molar-refractivity contribution is -0.0515. The molecule has 0 bridgehead atoms. The lowest BCUT2D eigenvalue weighted by Crippen LogP contribution is -2.38. The van der Waals surface area contributed by atoms with E-state index >= 15 is 0 Å². The first-order chi connectivity index (χ1) is 15.4. The number of aliphatic hydroxyl groups is 1. The highest BCUT2D eigenvalue weighted by molar-refractivity contribution is 5.95. The minimum Gasteiger partial charge on any atom is -0.440 e. The van der Waals surface area contributed by atoms with Crippen LogP contribution in [-0.4, -0.2) is 35.1 Å². The summed E-state index contributed by atoms with van der Waals surface area (Å²) in [6, 6.07) is 13.3. The second-order valence-electron chi connectivity index (χ2n) is 7.75. The van der Waals surface area contributed by atoms with Gasteiger partial charge in [-0.3, -0.25) is 4.79 Å². The fraction of sp³-hybridized carbons (Fsp3) is 0.208. The predicted octanol–water partition coefficient (Wildman–Crippen LogP) is 3.98. The van der Waals surface area contributed by atoms with Crippen molar-refractivity contribution in [2.24, 2.45) is 0 Å². The fourth-order valence-corrected chi connectivity index (χ4v) is 4.11. The topological polar surface area (TPSA) is 59.0 Å². The van der Waals surface area contributed by atoms with E-state index in [1.54, 1.807) is 12.1 Å². The predicted molar refractivity (Wildman–Crippen MR) is 108 cm³/mol. The van der Waals surface area contributed by atoms with Gasteiger partial charge >= 0.3 is 5.79 Å². The molecule has 0 saturated carbocycles. The number of amides is 1. The van der Waals surface area contributed by atoms with E-state index in [9.17, 15) is 23.1 Å². The van der Waals surface area contributed by atoms with Gasteiger partial charge in [0.25, 0.3) is 5.91 Å². The minimum atomic E-state index is -2.04. The summed E-state index contributed by atoms with van der Waals surface area (Å²) in [6.07, 6.45) is -0.257. The van der Waals surface area contributed by atoms with Gasteiger partial charge in [0, 0.05) is 19.2 Å². The molecule has 2 heterocycles. The Morgan fingerprint density at radius 1 is 0.906 bits per heavy atom. The highest BCUT2D eigenvalue weighted by atomic mass is 19.1. The SMILES string of the molecule is O=C(c1cc2c(cc1F)OC(c1ccccc1F)(c1ccccc1F)O2)N1CCC(O)C1. The molecule has 3 aromatic rings. The van der Waals surface area contributed by atoms with Crippen molar-refractivity contribution in [2.75, 3.05) is 13.1 Å². The van der Waals surface area contributed by atoms with Crippen LogP contribution in [0.1, 0.15) is 27.9 Å². The number of hydrogen-bond acceptors (Lipinski definition) is 4. The Bertz CT molecular complexity index is 1170. The summed E-state index contributed by atoms with van der Waals surface area (Å²) >= 11 is 0. The molecule has 0 radical (unpaired) electrons. The summed E-state index contributed by atoms with van der Waals surface area (Å²) in [7, 11) is 0. The van der Waals surface area contributed by atoms with Crippen molar-refractivity contribution in [3.8, 4) is 11.5 Å². The number of rotatable bonds is 3. The van der Waals surface area contributed by atoms with E-state index in [2.05, 4.69) is 0 Å². The fourth-order valence-electron chi connectivity index (χ4n) is 4.11. The Morgan fingerprint density at radius 3 is 2.00 bits per heavy atom. The summed E-state index contributed by atoms with van der Waals surface area (Å²) < 4.78 is 56.3. The van der Waals surface area contributed by atoms with Gasteiger partial charge in [0.05, 0.1) is 22.8 Å². The molecule has 2 aliphatic heterocycles. The number of benzene rings is 3. The Morgan fingerprint density at radius 2 is 1.47 bits per heavy atom. The highest BCUT2D eigenvalue weighted by Crippen LogP contribution is 2.49. The van der Waals surface area contributed by atoms with Gasteiger partial charge in [-0.05, 0) is 36.8 Å². The zero-order valence-electron chi connectivity index (χ0n) is 16.7. The molecule has 0 spiro atoms. The summed E-state index contributed by atoms with van der Waals surface area (Å²) in [6.45, 7) is 0.392. The maximum absolute atomic E-state index is 14.9. The Balaban J connectivity index is 1.61. The third kappa shape index (κ3) is 3.18. The van der Waals surface area contributed by atoms with Crippen LogP contribution >= 0.6 is 0 Å². The number of likely N-dealkylation sites (tertiary alicyclic amines) is 1. The molecule has 1 unspecified atom stereocenters. The Kier molecular flexibility index (Phi) is 4.82. The van der Waals surface area contributed by atoms with Crippen molar-refractivity contribution < 1.29 is 32.5 Å². The van der Waals surface area contributed by atoms with E-state index in [1.165, 1.54) is 47.4 Å². The van der Waals surface area contributed by atoms with Gasteiger partial charge in [-0.1, -0.05) is 24.3 Å². The number of ether oxygens (including phenoxy) is 2. The molecule has 8 heteroatoms. The maximum atomic E-state index is 14.9. The summed E-state index contributed by atoms with van der Waals surface area (Å²) in [5, 5.41) is 9.69. The number of aliphatic hydroxyl groups excluding tert-OH is 1. The lowest BCUT2D eigenvalue weighted by atomic mass is 9.96. The molecular formula is C24H18F3NO4. The van der Waals surface area contributed by atoms with Crippen molar-refractivity contribution in [1.82, 2.24) is 4.90 Å². The van der Waals surface area contributed by atoms with Gasteiger partial charge in [0.15, 0.2) is 11.5 Å². The van der Waals surface area contributed by atoms with Crippen molar-refractivity contribution in [2.45, 2.75) is 18.3 Å². The quantitative estimate of drug-likeness (QED) is 0.668. The molecule has 1 atom stereocenters. The van der Waals surface area contributed by atoms with Crippen LogP contribution in [0.25, 0.3) is 0 Å². The maximum Gasteiger partial charge on any atom is 0.311 e. The van der Waals surface area contributed by atoms with E-state index < -0.39 is 35.2 Å². The van der Waals surface area contributed by atoms with E-state index in [1.807, 2.05) is 0 Å². The average molecular weight is 441 g/mol. The number of carbonyl (C=O) groups is 1. The molecule has 164 valence electrons. The van der Waals surface area contributed by atoms with Gasteiger partial charge in [0.1, 0.15) is 17.5 Å². The molecule has 5 nitrogen and oxygen atoms in total. The Hall–Kier alpha value is -3.52. The molecule has 3 aromatic carbocycles. The van der Waals surface area contributed by atoms with Gasteiger partial charge in [-0.25, -0.2) is 13.2 Å². The van der Waals surface area contributed by atoms with Crippen LogP contribution in [0.2, 0.25) is 0 Å². The van der Waals surface area contributed by atoms with Crippen LogP contribution in [0.4, 0.5) is 13.2 Å². The van der Waals surface area contributed by atoms with Crippen LogP contribution in [0, 0.1) is 17.5 Å². The molecule has 5 rings (SSSR count). The Labute approximate surface area is 181 Å². The number of fused-ring (bicyclic) bond motifs is 1. The number of halogens is 3. The monoisotopic (exact) mass is 441 g/mol. The largest absolute Gasteiger partial charge is 0.440 e. The number of nitrogens with zero attached hydrogens (tertiary/aromatic N) is 1. The average Bonchev–Trinajstić information content (AvgIpc) is 3.37. The second kappa shape index (κ2) is 7.56. The first kappa shape index (κ1) is 20.4. The van der Waals surface area contributed by atoms with Crippen LogP contribution in [0.3, 0.4) is 0 Å². The second-order valence-corrected chi connectivity index (χ2v) is 7.75. The van der Waals surface area contributed by atoms with Crippen LogP contribution in [-0.2, 0) is 5.79 Å². The van der Waals surface area contributed by atoms with E-state index in [-0.39, 0.29) is 34.7 Å². The zero-order chi connectivity index (χ0) is 22.5. The standard InChI is InChI=1S/C24H18F3NO4/c25-18-7-3-1-5-16(18)24(17-6-2-4-8-19(17)26)31-21-11-15(20(27)12-22(21)32-24)23(30)28-10-9-14(29)13-28/h1-8,11-12,14,29H,9-10,13H2. The highest BCUT2D eigenvalue weighted by Gasteiger charge is 2.49. The number of hydrogen-bond donors (Lipinski definition) is 1. The summed E-state index contributed by atoms with van der Waals surface area (Å²) in [5.74, 6) is -5.04. The number of β-amino-alcohol motifs (C(OH)–C–C–N with tert-alkyl or cyclic N) is 1. The smallest absolute Gasteiger partial charge is 0.311 e. The van der Waals surface area contributed by atoms with Gasteiger partial charge in [-0.2, -0.15) is 0 Å². The van der Waals surface area contributed by atoms with Crippen molar-refractivity contribution in [3.05, 3.63) is 94.8 Å². The van der Waals surface area contributed by atoms with Crippen molar-refractivity contribution in [3.63, 3.8) is 0 Å². The van der Waals surface area contributed by atoms with Crippen LogP contribution < -0.4 is 9.47 Å². The van der Waals surface area contributed by atoms with E-state index in [0.29, 0.717) is 13.0 Å². The molecule has 1 N–H and O–H groups in total. The van der Waals surface area contributed by atoms with E-state index in [0.717, 1.165) is 6.07 Å². The normalized spacial score (nSPS) is 18.8. The van der Waals surface area contributed by atoms with Gasteiger partial charge in [-0.15, -0.1) is 0 Å². The molecule has 2 aliphatic rings. The molecule has 0 aromatic heterocycles. The molecule has 1 amide bonds. The molecule has 0 aliphatic carbocycles.